The van der Waals surface area contributed by atoms with E-state index in [2.05, 4.69) is 26.0 Å². The summed E-state index contributed by atoms with van der Waals surface area (Å²) in [4.78, 5) is 0. The smallest absolute Gasteiger partial charge is 0.0827 e. The van der Waals surface area contributed by atoms with Gasteiger partial charge in [0.15, 0.2) is 0 Å². The fourth-order valence-electron chi connectivity index (χ4n) is 3.56. The summed E-state index contributed by atoms with van der Waals surface area (Å²) in [6.07, 6.45) is 15.4. The van der Waals surface area contributed by atoms with Crippen LogP contribution in [0.15, 0.2) is 42.5 Å². The second-order valence-corrected chi connectivity index (χ2v) is 8.34. The highest BCUT2D eigenvalue weighted by Gasteiger charge is 2.22. The van der Waals surface area contributed by atoms with Gasteiger partial charge in [0, 0.05) is 6.61 Å². The van der Waals surface area contributed by atoms with E-state index in [1.807, 2.05) is 30.4 Å². The van der Waals surface area contributed by atoms with Crippen molar-refractivity contribution in [2.75, 3.05) is 6.61 Å². The van der Waals surface area contributed by atoms with Crippen molar-refractivity contribution in [3.05, 3.63) is 48.0 Å². The molecule has 166 valence electrons. The number of unbranched alkanes of at least 4 members (excludes halogenated alkanes) is 5. The molecule has 0 aliphatic carbocycles. The molecule has 3 heteroatoms. The molecule has 1 unspecified atom stereocenters. The SMILES string of the molecule is CCCCCC(O)(/C=C\CC(O)CCCCOCc1ccccc1)CCCCC. The van der Waals surface area contributed by atoms with Crippen molar-refractivity contribution in [3.8, 4) is 0 Å². The molecule has 0 saturated carbocycles. The van der Waals surface area contributed by atoms with Crippen LogP contribution >= 0.6 is 0 Å². The molecular weight excluding hydrogens is 360 g/mol. The van der Waals surface area contributed by atoms with Gasteiger partial charge in [-0.05, 0) is 44.1 Å². The van der Waals surface area contributed by atoms with E-state index in [1.165, 1.54) is 31.2 Å². The maximum Gasteiger partial charge on any atom is 0.0827 e. The van der Waals surface area contributed by atoms with Crippen molar-refractivity contribution in [1.29, 1.82) is 0 Å². The topological polar surface area (TPSA) is 49.7 Å². The van der Waals surface area contributed by atoms with Crippen molar-refractivity contribution < 1.29 is 14.9 Å². The molecule has 29 heavy (non-hydrogen) atoms. The van der Waals surface area contributed by atoms with Crippen LogP contribution in [0.4, 0.5) is 0 Å². The molecule has 1 aromatic carbocycles. The monoisotopic (exact) mass is 404 g/mol. The van der Waals surface area contributed by atoms with Crippen LogP contribution in [0.2, 0.25) is 0 Å². The van der Waals surface area contributed by atoms with Crippen LogP contribution in [0, 0.1) is 0 Å². The summed E-state index contributed by atoms with van der Waals surface area (Å²) in [5, 5.41) is 21.2. The van der Waals surface area contributed by atoms with Gasteiger partial charge in [-0.1, -0.05) is 94.9 Å². The number of hydrogen-bond donors (Lipinski definition) is 2. The summed E-state index contributed by atoms with van der Waals surface area (Å²) in [5.74, 6) is 0. The van der Waals surface area contributed by atoms with Crippen LogP contribution in [-0.2, 0) is 11.3 Å². The molecule has 0 fully saturated rings. The van der Waals surface area contributed by atoms with Crippen molar-refractivity contribution in [2.24, 2.45) is 0 Å². The highest BCUT2D eigenvalue weighted by molar-refractivity contribution is 5.13. The Kier molecular flexibility index (Phi) is 14.8. The molecule has 0 aliphatic heterocycles. The fourth-order valence-corrected chi connectivity index (χ4v) is 3.56. The van der Waals surface area contributed by atoms with Crippen LogP contribution < -0.4 is 0 Å². The minimum Gasteiger partial charge on any atom is -0.393 e. The lowest BCUT2D eigenvalue weighted by Gasteiger charge is -2.25. The number of aliphatic hydroxyl groups excluding tert-OH is 1. The maximum atomic E-state index is 11.0. The second-order valence-electron chi connectivity index (χ2n) is 8.34. The van der Waals surface area contributed by atoms with Gasteiger partial charge in [0.25, 0.3) is 0 Å². The van der Waals surface area contributed by atoms with E-state index in [1.54, 1.807) is 0 Å². The Balaban J connectivity index is 2.21. The number of ether oxygens (including phenoxy) is 1. The maximum absolute atomic E-state index is 11.0. The molecule has 1 atom stereocenters. The number of hydrogen-bond acceptors (Lipinski definition) is 3. The Morgan fingerprint density at radius 3 is 2.21 bits per heavy atom. The van der Waals surface area contributed by atoms with Crippen molar-refractivity contribution >= 4 is 0 Å². The van der Waals surface area contributed by atoms with Crippen molar-refractivity contribution in [2.45, 2.75) is 109 Å². The molecule has 2 N–H and O–H groups in total. The minimum absolute atomic E-state index is 0.337. The average Bonchev–Trinajstić information content (AvgIpc) is 2.72. The van der Waals surface area contributed by atoms with Crippen LogP contribution in [-0.4, -0.2) is 28.5 Å². The molecule has 0 saturated heterocycles. The lowest BCUT2D eigenvalue weighted by molar-refractivity contribution is 0.0658. The van der Waals surface area contributed by atoms with Gasteiger partial charge in [-0.15, -0.1) is 0 Å². The minimum atomic E-state index is -0.699. The third-order valence-electron chi connectivity index (χ3n) is 5.45. The Morgan fingerprint density at radius 1 is 0.931 bits per heavy atom. The lowest BCUT2D eigenvalue weighted by atomic mass is 9.89. The van der Waals surface area contributed by atoms with E-state index in [0.29, 0.717) is 13.0 Å². The average molecular weight is 405 g/mol. The number of benzene rings is 1. The molecule has 0 spiro atoms. The normalized spacial score (nSPS) is 13.2. The van der Waals surface area contributed by atoms with Gasteiger partial charge >= 0.3 is 0 Å². The quantitative estimate of drug-likeness (QED) is 0.215. The van der Waals surface area contributed by atoms with E-state index in [-0.39, 0.29) is 6.10 Å². The third kappa shape index (κ3) is 13.6. The molecule has 0 aliphatic rings. The second kappa shape index (κ2) is 16.6. The van der Waals surface area contributed by atoms with Gasteiger partial charge in [-0.3, -0.25) is 0 Å². The molecule has 0 radical (unpaired) electrons. The summed E-state index contributed by atoms with van der Waals surface area (Å²) < 4.78 is 5.69. The standard InChI is InChI=1S/C26H44O3/c1-3-5-11-19-26(28,20-12-6-4-2)21-14-18-25(27)17-10-13-22-29-23-24-15-8-7-9-16-24/h7-9,14-16,21,25,27-28H,3-6,10-13,17-20,22-23H2,1-2H3/b21-14-. The molecule has 1 rings (SSSR count). The van der Waals surface area contributed by atoms with Gasteiger partial charge in [0.1, 0.15) is 0 Å². The van der Waals surface area contributed by atoms with E-state index in [4.69, 9.17) is 4.74 Å². The number of aliphatic hydroxyl groups is 2. The number of rotatable bonds is 18. The molecule has 0 aromatic heterocycles. The fraction of sp³-hybridized carbons (Fsp3) is 0.692. The van der Waals surface area contributed by atoms with Gasteiger partial charge in [-0.25, -0.2) is 0 Å². The molecule has 3 nitrogen and oxygen atoms in total. The van der Waals surface area contributed by atoms with E-state index in [0.717, 1.165) is 51.6 Å². The molecule has 0 amide bonds. The zero-order chi connectivity index (χ0) is 21.2. The van der Waals surface area contributed by atoms with Crippen LogP contribution in [0.5, 0.6) is 0 Å². The molecule has 0 bridgehead atoms. The summed E-state index contributed by atoms with van der Waals surface area (Å²) in [6.45, 7) is 5.76. The first-order chi connectivity index (χ1) is 14.1. The predicted molar refractivity (Wildman–Crippen MR) is 123 cm³/mol. The Hall–Kier alpha value is -1.16. The lowest BCUT2D eigenvalue weighted by Crippen LogP contribution is -2.26. The van der Waals surface area contributed by atoms with Gasteiger partial charge in [0.2, 0.25) is 0 Å². The zero-order valence-corrected chi connectivity index (χ0v) is 18.8. The van der Waals surface area contributed by atoms with Crippen LogP contribution in [0.25, 0.3) is 0 Å². The van der Waals surface area contributed by atoms with Crippen molar-refractivity contribution in [1.82, 2.24) is 0 Å². The van der Waals surface area contributed by atoms with Gasteiger partial charge < -0.3 is 14.9 Å². The first-order valence-corrected chi connectivity index (χ1v) is 11.8. The molecule has 1 aromatic rings. The zero-order valence-electron chi connectivity index (χ0n) is 18.8. The summed E-state index contributed by atoms with van der Waals surface area (Å²) in [6, 6.07) is 10.2. The summed E-state index contributed by atoms with van der Waals surface area (Å²) in [7, 11) is 0. The third-order valence-corrected chi connectivity index (χ3v) is 5.45. The van der Waals surface area contributed by atoms with Crippen LogP contribution in [0.1, 0.15) is 96.5 Å². The van der Waals surface area contributed by atoms with Crippen LogP contribution in [0.3, 0.4) is 0 Å². The van der Waals surface area contributed by atoms with Gasteiger partial charge in [0.05, 0.1) is 18.3 Å². The van der Waals surface area contributed by atoms with E-state index >= 15 is 0 Å². The van der Waals surface area contributed by atoms with E-state index in [9.17, 15) is 10.2 Å². The van der Waals surface area contributed by atoms with Gasteiger partial charge in [-0.2, -0.15) is 0 Å². The predicted octanol–water partition coefficient (Wildman–Crippen LogP) is 6.57. The first kappa shape index (κ1) is 25.9. The van der Waals surface area contributed by atoms with Crippen molar-refractivity contribution in [3.63, 3.8) is 0 Å². The molecular formula is C26H44O3. The Morgan fingerprint density at radius 2 is 1.59 bits per heavy atom. The summed E-state index contributed by atoms with van der Waals surface area (Å²) >= 11 is 0. The highest BCUT2D eigenvalue weighted by Crippen LogP contribution is 2.24. The Labute approximate surface area is 179 Å². The largest absolute Gasteiger partial charge is 0.393 e. The Bertz CT molecular complexity index is 502. The molecule has 0 heterocycles. The van der Waals surface area contributed by atoms with E-state index < -0.39 is 5.60 Å². The summed E-state index contributed by atoms with van der Waals surface area (Å²) in [5.41, 5.74) is 0.498. The first-order valence-electron chi connectivity index (χ1n) is 11.8. The highest BCUT2D eigenvalue weighted by atomic mass is 16.5.